The SMILES string of the molecule is CCOc1ccc(N2C(=O)C(=O)C(=C(O)c3ccccc3)[C@H]2c2ccccc2F)cc1. The van der Waals surface area contributed by atoms with Gasteiger partial charge in [-0.05, 0) is 37.3 Å². The van der Waals surface area contributed by atoms with Crippen molar-refractivity contribution in [2.75, 3.05) is 11.5 Å². The number of anilines is 1. The average molecular weight is 417 g/mol. The number of hydrogen-bond donors (Lipinski definition) is 1. The normalized spacial score (nSPS) is 17.7. The maximum atomic E-state index is 14.8. The van der Waals surface area contributed by atoms with Gasteiger partial charge in [0, 0.05) is 16.8 Å². The highest BCUT2D eigenvalue weighted by Gasteiger charge is 2.47. The first kappa shape index (κ1) is 20.3. The van der Waals surface area contributed by atoms with Crippen molar-refractivity contribution in [1.82, 2.24) is 0 Å². The van der Waals surface area contributed by atoms with E-state index in [9.17, 15) is 19.1 Å². The number of carbonyl (C=O) groups excluding carboxylic acids is 2. The molecule has 31 heavy (non-hydrogen) atoms. The van der Waals surface area contributed by atoms with E-state index in [1.54, 1.807) is 60.7 Å². The Balaban J connectivity index is 1.91. The minimum absolute atomic E-state index is 0.119. The van der Waals surface area contributed by atoms with Crippen LogP contribution in [0, 0.1) is 5.82 Å². The first-order valence-corrected chi connectivity index (χ1v) is 9.86. The van der Waals surface area contributed by atoms with E-state index in [1.165, 1.54) is 23.1 Å². The van der Waals surface area contributed by atoms with E-state index < -0.39 is 23.5 Å². The zero-order valence-electron chi connectivity index (χ0n) is 16.8. The molecule has 0 aromatic heterocycles. The van der Waals surface area contributed by atoms with Gasteiger partial charge in [0.2, 0.25) is 0 Å². The lowest BCUT2D eigenvalue weighted by atomic mass is 9.94. The molecule has 1 aliphatic heterocycles. The highest BCUT2D eigenvalue weighted by Crippen LogP contribution is 2.43. The Bertz CT molecular complexity index is 1160. The van der Waals surface area contributed by atoms with Gasteiger partial charge >= 0.3 is 0 Å². The number of aliphatic hydroxyl groups excluding tert-OH is 1. The molecule has 0 saturated carbocycles. The Morgan fingerprint density at radius 3 is 2.26 bits per heavy atom. The number of ether oxygens (including phenoxy) is 1. The lowest BCUT2D eigenvalue weighted by Crippen LogP contribution is -2.29. The Morgan fingerprint density at radius 2 is 1.61 bits per heavy atom. The average Bonchev–Trinajstić information content (AvgIpc) is 3.05. The van der Waals surface area contributed by atoms with E-state index in [0.29, 0.717) is 23.6 Å². The quantitative estimate of drug-likeness (QED) is 0.366. The van der Waals surface area contributed by atoms with Crippen molar-refractivity contribution in [2.45, 2.75) is 13.0 Å². The summed E-state index contributed by atoms with van der Waals surface area (Å²) in [6.07, 6.45) is 0. The minimum Gasteiger partial charge on any atom is -0.507 e. The molecule has 4 rings (SSSR count). The third-order valence-electron chi connectivity index (χ3n) is 5.12. The van der Waals surface area contributed by atoms with E-state index in [1.807, 2.05) is 6.92 Å². The monoisotopic (exact) mass is 417 g/mol. The molecule has 3 aromatic rings. The van der Waals surface area contributed by atoms with Crippen LogP contribution in [-0.2, 0) is 9.59 Å². The van der Waals surface area contributed by atoms with Crippen molar-refractivity contribution in [3.63, 3.8) is 0 Å². The first-order chi connectivity index (χ1) is 15.0. The van der Waals surface area contributed by atoms with Gasteiger partial charge in [0.15, 0.2) is 0 Å². The van der Waals surface area contributed by atoms with Crippen LogP contribution >= 0.6 is 0 Å². The molecule has 1 N–H and O–H groups in total. The molecule has 1 atom stereocenters. The molecule has 5 nitrogen and oxygen atoms in total. The van der Waals surface area contributed by atoms with Crippen LogP contribution in [0.2, 0.25) is 0 Å². The second kappa shape index (κ2) is 8.44. The van der Waals surface area contributed by atoms with Crippen LogP contribution in [-0.4, -0.2) is 23.4 Å². The molecule has 6 heteroatoms. The number of Topliss-reactive ketones (excluding diaryl/α,β-unsaturated/α-hetero) is 1. The standard InChI is InChI=1S/C25H20FNO4/c1-2-31-18-14-12-17(13-15-18)27-22(19-10-6-7-11-20(19)26)21(24(29)25(27)30)23(28)16-8-4-3-5-9-16/h3-15,22,28H,2H2,1H3/t22-/m1/s1. The van der Waals surface area contributed by atoms with E-state index in [0.717, 1.165) is 0 Å². The third kappa shape index (κ3) is 3.68. The van der Waals surface area contributed by atoms with Crippen molar-refractivity contribution >= 4 is 23.1 Å². The Hall–Kier alpha value is -3.93. The van der Waals surface area contributed by atoms with E-state index in [2.05, 4.69) is 0 Å². The summed E-state index contributed by atoms with van der Waals surface area (Å²) in [5, 5.41) is 10.9. The van der Waals surface area contributed by atoms with Crippen molar-refractivity contribution < 1.29 is 23.8 Å². The Morgan fingerprint density at radius 1 is 0.968 bits per heavy atom. The van der Waals surface area contributed by atoms with Crippen LogP contribution in [0.1, 0.15) is 24.1 Å². The van der Waals surface area contributed by atoms with Crippen molar-refractivity contribution in [3.8, 4) is 5.75 Å². The fourth-order valence-corrected chi connectivity index (χ4v) is 3.71. The molecule has 1 saturated heterocycles. The second-order valence-electron chi connectivity index (χ2n) is 6.98. The van der Waals surface area contributed by atoms with Crippen LogP contribution in [0.4, 0.5) is 10.1 Å². The van der Waals surface area contributed by atoms with E-state index >= 15 is 0 Å². The van der Waals surface area contributed by atoms with Crippen LogP contribution in [0.25, 0.3) is 5.76 Å². The number of carbonyl (C=O) groups is 2. The smallest absolute Gasteiger partial charge is 0.300 e. The van der Waals surface area contributed by atoms with E-state index in [4.69, 9.17) is 4.74 Å². The first-order valence-electron chi connectivity index (χ1n) is 9.86. The van der Waals surface area contributed by atoms with Crippen molar-refractivity contribution in [3.05, 3.63) is 101 Å². The van der Waals surface area contributed by atoms with Gasteiger partial charge in [-0.3, -0.25) is 14.5 Å². The summed E-state index contributed by atoms with van der Waals surface area (Å²) in [6, 6.07) is 19.8. The van der Waals surface area contributed by atoms with Gasteiger partial charge in [-0.15, -0.1) is 0 Å². The summed E-state index contributed by atoms with van der Waals surface area (Å²) in [7, 11) is 0. The summed E-state index contributed by atoms with van der Waals surface area (Å²) in [6.45, 7) is 2.34. The number of ketones is 1. The molecule has 0 unspecified atom stereocenters. The van der Waals surface area contributed by atoms with Crippen LogP contribution in [0.5, 0.6) is 5.75 Å². The summed E-state index contributed by atoms with van der Waals surface area (Å²) < 4.78 is 20.3. The van der Waals surface area contributed by atoms with Crippen molar-refractivity contribution in [1.29, 1.82) is 0 Å². The van der Waals surface area contributed by atoms with E-state index in [-0.39, 0.29) is 16.9 Å². The topological polar surface area (TPSA) is 66.8 Å². The predicted molar refractivity (Wildman–Crippen MR) is 115 cm³/mol. The molecule has 0 bridgehead atoms. The molecule has 156 valence electrons. The maximum absolute atomic E-state index is 14.8. The summed E-state index contributed by atoms with van der Waals surface area (Å²) in [4.78, 5) is 27.3. The fraction of sp³-hybridized carbons (Fsp3) is 0.120. The molecule has 0 radical (unpaired) electrons. The minimum atomic E-state index is -1.11. The molecule has 1 fully saturated rings. The molecule has 1 aliphatic rings. The molecule has 0 aliphatic carbocycles. The number of hydrogen-bond acceptors (Lipinski definition) is 4. The van der Waals surface area contributed by atoms with Gasteiger partial charge in [-0.1, -0.05) is 48.5 Å². The number of amides is 1. The second-order valence-corrected chi connectivity index (χ2v) is 6.98. The molecule has 3 aromatic carbocycles. The van der Waals surface area contributed by atoms with Crippen LogP contribution in [0.3, 0.4) is 0 Å². The van der Waals surface area contributed by atoms with Crippen LogP contribution < -0.4 is 9.64 Å². The summed E-state index contributed by atoms with van der Waals surface area (Å²) in [5.74, 6) is -2.03. The largest absolute Gasteiger partial charge is 0.507 e. The fourth-order valence-electron chi connectivity index (χ4n) is 3.71. The number of rotatable bonds is 5. The Labute approximate surface area is 179 Å². The molecule has 1 amide bonds. The van der Waals surface area contributed by atoms with Crippen molar-refractivity contribution in [2.24, 2.45) is 0 Å². The molecule has 0 spiro atoms. The maximum Gasteiger partial charge on any atom is 0.300 e. The zero-order chi connectivity index (χ0) is 22.0. The zero-order valence-corrected chi connectivity index (χ0v) is 16.8. The number of halogens is 1. The molecule has 1 heterocycles. The molecular weight excluding hydrogens is 397 g/mol. The van der Waals surface area contributed by atoms with Gasteiger partial charge in [-0.25, -0.2) is 4.39 Å². The highest BCUT2D eigenvalue weighted by molar-refractivity contribution is 6.51. The number of aliphatic hydroxyl groups is 1. The highest BCUT2D eigenvalue weighted by atomic mass is 19.1. The lowest BCUT2D eigenvalue weighted by Gasteiger charge is -2.26. The molecular formula is C25H20FNO4. The van der Waals surface area contributed by atoms with Gasteiger partial charge in [-0.2, -0.15) is 0 Å². The Kier molecular flexibility index (Phi) is 5.54. The van der Waals surface area contributed by atoms with Crippen LogP contribution in [0.15, 0.2) is 84.4 Å². The number of nitrogens with zero attached hydrogens (tertiary/aromatic N) is 1. The predicted octanol–water partition coefficient (Wildman–Crippen LogP) is 4.85. The number of benzene rings is 3. The third-order valence-corrected chi connectivity index (χ3v) is 5.12. The lowest BCUT2D eigenvalue weighted by molar-refractivity contribution is -0.132. The summed E-state index contributed by atoms with van der Waals surface area (Å²) in [5.41, 5.74) is 0.725. The summed E-state index contributed by atoms with van der Waals surface area (Å²) >= 11 is 0. The van der Waals surface area contributed by atoms with Gasteiger partial charge < -0.3 is 9.84 Å². The van der Waals surface area contributed by atoms with Gasteiger partial charge in [0.1, 0.15) is 17.3 Å². The van der Waals surface area contributed by atoms with Gasteiger partial charge in [0.25, 0.3) is 11.7 Å². The van der Waals surface area contributed by atoms with Gasteiger partial charge in [0.05, 0.1) is 18.2 Å².